The van der Waals surface area contributed by atoms with E-state index in [0.717, 1.165) is 16.1 Å². The molecule has 2 aromatic rings. The van der Waals surface area contributed by atoms with Gasteiger partial charge in [-0.1, -0.05) is 0 Å². The lowest BCUT2D eigenvalue weighted by molar-refractivity contribution is 0.322. The molecule has 0 amide bonds. The van der Waals surface area contributed by atoms with E-state index in [-0.39, 0.29) is 6.61 Å². The van der Waals surface area contributed by atoms with E-state index in [1.54, 1.807) is 0 Å². The molecule has 0 bridgehead atoms. The van der Waals surface area contributed by atoms with Crippen molar-refractivity contribution in [3.63, 3.8) is 0 Å². The molecule has 0 aliphatic carbocycles. The van der Waals surface area contributed by atoms with Gasteiger partial charge in [-0.3, -0.25) is 0 Å². The Kier molecular flexibility index (Phi) is 2.47. The molecule has 2 rings (SSSR count). The SMILES string of the molecule is OCCSc1ncnc2[nH]ccc12. The number of aliphatic hydroxyl groups is 1. The van der Waals surface area contributed by atoms with Crippen LogP contribution in [0.3, 0.4) is 0 Å². The molecule has 13 heavy (non-hydrogen) atoms. The lowest BCUT2D eigenvalue weighted by Gasteiger charge is -1.98. The quantitative estimate of drug-likeness (QED) is 0.567. The fourth-order valence-electron chi connectivity index (χ4n) is 1.11. The van der Waals surface area contributed by atoms with Gasteiger partial charge in [-0.25, -0.2) is 9.97 Å². The molecule has 0 saturated carbocycles. The number of fused-ring (bicyclic) bond motifs is 1. The highest BCUT2D eigenvalue weighted by Crippen LogP contribution is 2.22. The number of hydrogen-bond acceptors (Lipinski definition) is 4. The Morgan fingerprint density at radius 2 is 2.38 bits per heavy atom. The van der Waals surface area contributed by atoms with Gasteiger partial charge in [-0.15, -0.1) is 11.8 Å². The van der Waals surface area contributed by atoms with Crippen molar-refractivity contribution >= 4 is 22.8 Å². The molecule has 0 fully saturated rings. The Labute approximate surface area is 79.4 Å². The molecule has 2 heterocycles. The summed E-state index contributed by atoms with van der Waals surface area (Å²) in [7, 11) is 0. The number of aromatic amines is 1. The smallest absolute Gasteiger partial charge is 0.141 e. The summed E-state index contributed by atoms with van der Waals surface area (Å²) in [5, 5.41) is 10.6. The third-order valence-electron chi connectivity index (χ3n) is 1.65. The topological polar surface area (TPSA) is 61.8 Å². The van der Waals surface area contributed by atoms with Gasteiger partial charge < -0.3 is 10.1 Å². The highest BCUT2D eigenvalue weighted by molar-refractivity contribution is 7.99. The normalized spacial score (nSPS) is 10.8. The molecule has 0 spiro atoms. The number of thioether (sulfide) groups is 1. The van der Waals surface area contributed by atoms with Crippen molar-refractivity contribution in [2.45, 2.75) is 5.03 Å². The van der Waals surface area contributed by atoms with Crippen molar-refractivity contribution in [3.05, 3.63) is 18.6 Å². The Morgan fingerprint density at radius 3 is 3.23 bits per heavy atom. The molecule has 2 aromatic heterocycles. The zero-order valence-electron chi connectivity index (χ0n) is 6.90. The second-order valence-electron chi connectivity index (χ2n) is 2.49. The monoisotopic (exact) mass is 195 g/mol. The van der Waals surface area contributed by atoms with E-state index in [4.69, 9.17) is 5.11 Å². The zero-order valence-corrected chi connectivity index (χ0v) is 7.71. The van der Waals surface area contributed by atoms with Crippen molar-refractivity contribution in [1.29, 1.82) is 0 Å². The first-order valence-electron chi connectivity index (χ1n) is 3.93. The zero-order chi connectivity index (χ0) is 9.10. The Balaban J connectivity index is 2.37. The minimum absolute atomic E-state index is 0.167. The average Bonchev–Trinajstić information content (AvgIpc) is 2.62. The molecule has 0 saturated heterocycles. The molecule has 5 heteroatoms. The van der Waals surface area contributed by atoms with Crippen molar-refractivity contribution in [1.82, 2.24) is 15.0 Å². The summed E-state index contributed by atoms with van der Waals surface area (Å²) in [5.41, 5.74) is 0.843. The first kappa shape index (κ1) is 8.52. The van der Waals surface area contributed by atoms with Gasteiger partial charge in [0.05, 0.1) is 12.0 Å². The number of rotatable bonds is 3. The summed E-state index contributed by atoms with van der Waals surface area (Å²) in [4.78, 5) is 11.2. The first-order valence-corrected chi connectivity index (χ1v) is 4.92. The van der Waals surface area contributed by atoms with Crippen LogP contribution < -0.4 is 0 Å². The third kappa shape index (κ3) is 1.66. The highest BCUT2D eigenvalue weighted by atomic mass is 32.2. The summed E-state index contributed by atoms with van der Waals surface area (Å²) < 4.78 is 0. The van der Waals surface area contributed by atoms with Crippen LogP contribution in [0.25, 0.3) is 11.0 Å². The van der Waals surface area contributed by atoms with Gasteiger partial charge in [0.15, 0.2) is 0 Å². The number of aromatic nitrogens is 3. The fraction of sp³-hybridized carbons (Fsp3) is 0.250. The van der Waals surface area contributed by atoms with Gasteiger partial charge in [0.25, 0.3) is 0 Å². The molecule has 0 aliphatic rings. The van der Waals surface area contributed by atoms with Gasteiger partial charge in [0, 0.05) is 11.9 Å². The maximum Gasteiger partial charge on any atom is 0.141 e. The van der Waals surface area contributed by atoms with Gasteiger partial charge in [-0.05, 0) is 6.07 Å². The van der Waals surface area contributed by atoms with E-state index in [9.17, 15) is 0 Å². The minimum atomic E-state index is 0.167. The number of hydrogen-bond donors (Lipinski definition) is 2. The van der Waals surface area contributed by atoms with Crippen molar-refractivity contribution < 1.29 is 5.11 Å². The molecule has 0 radical (unpaired) electrons. The first-order chi connectivity index (χ1) is 6.42. The second-order valence-corrected chi connectivity index (χ2v) is 3.57. The lowest BCUT2D eigenvalue weighted by Crippen LogP contribution is -1.89. The molecule has 0 atom stereocenters. The van der Waals surface area contributed by atoms with Crippen LogP contribution in [0.2, 0.25) is 0 Å². The van der Waals surface area contributed by atoms with Gasteiger partial charge >= 0.3 is 0 Å². The summed E-state index contributed by atoms with van der Waals surface area (Å²) in [5.74, 6) is 0.664. The lowest BCUT2D eigenvalue weighted by atomic mass is 10.4. The maximum absolute atomic E-state index is 8.68. The van der Waals surface area contributed by atoms with Crippen LogP contribution in [0.1, 0.15) is 0 Å². The summed E-state index contributed by atoms with van der Waals surface area (Å²) in [6, 6.07) is 1.94. The predicted molar refractivity (Wildman–Crippen MR) is 51.7 cm³/mol. The molecular weight excluding hydrogens is 186 g/mol. The molecule has 0 unspecified atom stereocenters. The Bertz CT molecular complexity index is 401. The average molecular weight is 195 g/mol. The summed E-state index contributed by atoms with van der Waals surface area (Å²) in [6.45, 7) is 0.167. The molecule has 4 nitrogen and oxygen atoms in total. The fourth-order valence-corrected chi connectivity index (χ4v) is 1.83. The van der Waals surface area contributed by atoms with Crippen LogP contribution in [0.5, 0.6) is 0 Å². The van der Waals surface area contributed by atoms with Crippen LogP contribution in [-0.4, -0.2) is 32.4 Å². The van der Waals surface area contributed by atoms with E-state index >= 15 is 0 Å². The van der Waals surface area contributed by atoms with Crippen LogP contribution in [-0.2, 0) is 0 Å². The van der Waals surface area contributed by atoms with E-state index < -0.39 is 0 Å². The highest BCUT2D eigenvalue weighted by Gasteiger charge is 2.03. The van der Waals surface area contributed by atoms with Crippen molar-refractivity contribution in [3.8, 4) is 0 Å². The molecule has 0 aliphatic heterocycles. The van der Waals surface area contributed by atoms with Gasteiger partial charge in [-0.2, -0.15) is 0 Å². The van der Waals surface area contributed by atoms with E-state index in [2.05, 4.69) is 15.0 Å². The van der Waals surface area contributed by atoms with Crippen LogP contribution in [0.4, 0.5) is 0 Å². The van der Waals surface area contributed by atoms with Crippen LogP contribution in [0, 0.1) is 0 Å². The van der Waals surface area contributed by atoms with Gasteiger partial charge in [0.1, 0.15) is 17.0 Å². The standard InChI is InChI=1S/C8H9N3OS/c12-3-4-13-8-6-1-2-9-7(6)10-5-11-8/h1-2,5,12H,3-4H2,(H,9,10,11). The van der Waals surface area contributed by atoms with E-state index in [1.807, 2.05) is 12.3 Å². The maximum atomic E-state index is 8.68. The number of nitrogens with zero attached hydrogens (tertiary/aromatic N) is 2. The third-order valence-corrected chi connectivity index (χ3v) is 2.63. The van der Waals surface area contributed by atoms with Crippen LogP contribution in [0.15, 0.2) is 23.6 Å². The van der Waals surface area contributed by atoms with E-state index in [0.29, 0.717) is 5.75 Å². The predicted octanol–water partition coefficient (Wildman–Crippen LogP) is 1.04. The number of nitrogens with one attached hydrogen (secondary N) is 1. The Morgan fingerprint density at radius 1 is 1.46 bits per heavy atom. The molecule has 0 aromatic carbocycles. The Hall–Kier alpha value is -1.07. The molecular formula is C8H9N3OS. The van der Waals surface area contributed by atoms with Crippen LogP contribution >= 0.6 is 11.8 Å². The summed E-state index contributed by atoms with van der Waals surface area (Å²) in [6.07, 6.45) is 3.36. The van der Waals surface area contributed by atoms with Crippen molar-refractivity contribution in [2.75, 3.05) is 12.4 Å². The number of aliphatic hydroxyl groups excluding tert-OH is 1. The van der Waals surface area contributed by atoms with Gasteiger partial charge in [0.2, 0.25) is 0 Å². The molecule has 2 N–H and O–H groups in total. The number of H-pyrrole nitrogens is 1. The van der Waals surface area contributed by atoms with Crippen molar-refractivity contribution in [2.24, 2.45) is 0 Å². The second kappa shape index (κ2) is 3.76. The molecule has 68 valence electrons. The van der Waals surface area contributed by atoms with E-state index in [1.165, 1.54) is 18.1 Å². The summed E-state index contributed by atoms with van der Waals surface area (Å²) >= 11 is 1.53. The largest absolute Gasteiger partial charge is 0.396 e. The minimum Gasteiger partial charge on any atom is -0.396 e.